The molecule has 5 heteroatoms. The maximum atomic E-state index is 13.2. The summed E-state index contributed by atoms with van der Waals surface area (Å²) in [5, 5.41) is 0. The zero-order chi connectivity index (χ0) is 13.4. The van der Waals surface area contributed by atoms with E-state index >= 15 is 0 Å². The second-order valence-corrected chi connectivity index (χ2v) is 5.19. The molecule has 2 aliphatic rings. The summed E-state index contributed by atoms with van der Waals surface area (Å²) in [6, 6.07) is 3.97. The van der Waals surface area contributed by atoms with Gasteiger partial charge in [0.25, 0.3) is 5.78 Å². The topological polar surface area (TPSA) is 41.8 Å². The average Bonchev–Trinajstić information content (AvgIpc) is 2.65. The largest absolute Gasteiger partial charge is 0.317 e. The van der Waals surface area contributed by atoms with Gasteiger partial charge in [-0.15, -0.1) is 0 Å². The first-order valence-electron chi connectivity index (χ1n) is 6.66. The molecule has 4 nitrogen and oxygen atoms in total. The van der Waals surface area contributed by atoms with E-state index in [9.17, 15) is 14.0 Å². The molecule has 0 unspecified atom stereocenters. The first-order valence-corrected chi connectivity index (χ1v) is 6.66. The van der Waals surface area contributed by atoms with Crippen LogP contribution in [0.2, 0.25) is 0 Å². The fourth-order valence-corrected chi connectivity index (χ4v) is 2.86. The quantitative estimate of drug-likeness (QED) is 0.784. The van der Waals surface area contributed by atoms with E-state index in [1.165, 1.54) is 28.4 Å². The van der Waals surface area contributed by atoms with Crippen molar-refractivity contribution in [3.63, 3.8) is 0 Å². The molecule has 0 spiro atoms. The fourth-order valence-electron chi connectivity index (χ4n) is 2.86. The van der Waals surface area contributed by atoms with Crippen molar-refractivity contribution in [2.45, 2.75) is 19.3 Å². The molecule has 1 amide bonds. The van der Waals surface area contributed by atoms with Gasteiger partial charge in [-0.1, -0.05) is 0 Å². The maximum Gasteiger partial charge on any atom is 0.303 e. The molecule has 0 aliphatic carbocycles. The molecule has 1 N–H and O–H groups in total. The van der Waals surface area contributed by atoms with Gasteiger partial charge in [0.15, 0.2) is 6.67 Å². The Labute approximate surface area is 110 Å². The Kier molecular flexibility index (Phi) is 3.06. The van der Waals surface area contributed by atoms with E-state index in [1.807, 2.05) is 0 Å². The van der Waals surface area contributed by atoms with Gasteiger partial charge in [-0.05, 0) is 37.5 Å². The van der Waals surface area contributed by atoms with E-state index in [4.69, 9.17) is 0 Å². The lowest BCUT2D eigenvalue weighted by atomic mass is 10.1. The van der Waals surface area contributed by atoms with Gasteiger partial charge < -0.3 is 4.90 Å². The van der Waals surface area contributed by atoms with Gasteiger partial charge in [0, 0.05) is 0 Å². The number of nitrogens with one attached hydrogen (secondary N) is 1. The lowest BCUT2D eigenvalue weighted by Crippen LogP contribution is -3.14. The smallest absolute Gasteiger partial charge is 0.303 e. The molecule has 0 aromatic heterocycles. The van der Waals surface area contributed by atoms with Crippen LogP contribution in [0.3, 0.4) is 0 Å². The van der Waals surface area contributed by atoms with Crippen LogP contribution in [0.5, 0.6) is 0 Å². The molecule has 2 heterocycles. The number of benzene rings is 1. The average molecular weight is 263 g/mol. The van der Waals surface area contributed by atoms with Crippen LogP contribution in [0.4, 0.5) is 10.1 Å². The van der Waals surface area contributed by atoms with Crippen LogP contribution in [0.25, 0.3) is 0 Å². The number of piperidine rings is 1. The highest BCUT2D eigenvalue weighted by molar-refractivity contribution is 6.52. The van der Waals surface area contributed by atoms with E-state index in [-0.39, 0.29) is 5.56 Å². The fraction of sp³-hybridized carbons (Fsp3) is 0.429. The Morgan fingerprint density at radius 1 is 1.16 bits per heavy atom. The van der Waals surface area contributed by atoms with Crippen LogP contribution in [0, 0.1) is 5.82 Å². The normalized spacial score (nSPS) is 19.9. The van der Waals surface area contributed by atoms with Crippen molar-refractivity contribution in [1.82, 2.24) is 0 Å². The Morgan fingerprint density at radius 2 is 1.89 bits per heavy atom. The van der Waals surface area contributed by atoms with Gasteiger partial charge in [0.1, 0.15) is 5.82 Å². The van der Waals surface area contributed by atoms with E-state index in [1.54, 1.807) is 0 Å². The number of likely N-dealkylation sites (tertiary alicyclic amines) is 1. The monoisotopic (exact) mass is 263 g/mol. The molecule has 1 aromatic carbocycles. The third kappa shape index (κ3) is 2.14. The Bertz CT molecular complexity index is 538. The molecule has 19 heavy (non-hydrogen) atoms. The van der Waals surface area contributed by atoms with Crippen molar-refractivity contribution in [2.75, 3.05) is 24.7 Å². The summed E-state index contributed by atoms with van der Waals surface area (Å²) in [5.74, 6) is -1.60. The molecule has 100 valence electrons. The van der Waals surface area contributed by atoms with Crippen LogP contribution in [-0.2, 0) is 4.79 Å². The molecular formula is C14H16FN2O2+. The number of ketones is 1. The predicted octanol–water partition coefficient (Wildman–Crippen LogP) is 0.381. The molecule has 0 saturated carbocycles. The Balaban J connectivity index is 1.86. The number of rotatable bonds is 2. The number of Topliss-reactive ketones (excluding diaryl/α,β-unsaturated/α-hetero) is 1. The first kappa shape index (κ1) is 12.3. The number of fused-ring (bicyclic) bond motifs is 1. The number of quaternary nitrogens is 1. The van der Waals surface area contributed by atoms with Crippen molar-refractivity contribution < 1.29 is 18.9 Å². The maximum absolute atomic E-state index is 13.2. The third-order valence-electron chi connectivity index (χ3n) is 3.88. The van der Waals surface area contributed by atoms with Crippen molar-refractivity contribution in [2.24, 2.45) is 0 Å². The molecule has 1 saturated heterocycles. The van der Waals surface area contributed by atoms with Crippen molar-refractivity contribution >= 4 is 17.4 Å². The summed E-state index contributed by atoms with van der Waals surface area (Å²) >= 11 is 0. The van der Waals surface area contributed by atoms with Crippen LogP contribution >= 0.6 is 0 Å². The Morgan fingerprint density at radius 3 is 2.63 bits per heavy atom. The highest BCUT2D eigenvalue weighted by Gasteiger charge is 2.38. The molecule has 3 rings (SSSR count). The van der Waals surface area contributed by atoms with Gasteiger partial charge in [-0.2, -0.15) is 0 Å². The van der Waals surface area contributed by atoms with Gasteiger partial charge >= 0.3 is 5.91 Å². The van der Waals surface area contributed by atoms with E-state index in [0.29, 0.717) is 12.4 Å². The number of nitrogens with zero attached hydrogens (tertiary/aromatic N) is 1. The highest BCUT2D eigenvalue weighted by atomic mass is 19.1. The number of carbonyl (C=O) groups excluding carboxylic acids is 2. The number of amides is 1. The summed E-state index contributed by atoms with van der Waals surface area (Å²) < 4.78 is 13.2. The van der Waals surface area contributed by atoms with Crippen molar-refractivity contribution in [3.8, 4) is 0 Å². The van der Waals surface area contributed by atoms with Gasteiger partial charge in [-0.3, -0.25) is 14.5 Å². The molecular weight excluding hydrogens is 247 g/mol. The second kappa shape index (κ2) is 4.74. The summed E-state index contributed by atoms with van der Waals surface area (Å²) in [6.45, 7) is 2.55. The zero-order valence-electron chi connectivity index (χ0n) is 10.6. The van der Waals surface area contributed by atoms with Gasteiger partial charge in [0.05, 0.1) is 24.3 Å². The second-order valence-electron chi connectivity index (χ2n) is 5.19. The number of anilines is 1. The predicted molar refractivity (Wildman–Crippen MR) is 67.6 cm³/mol. The zero-order valence-corrected chi connectivity index (χ0v) is 10.6. The van der Waals surface area contributed by atoms with E-state index < -0.39 is 17.5 Å². The molecule has 2 aliphatic heterocycles. The Hall–Kier alpha value is -1.75. The number of hydrogen-bond donors (Lipinski definition) is 1. The molecule has 1 aromatic rings. The van der Waals surface area contributed by atoms with Crippen LogP contribution in [0.15, 0.2) is 18.2 Å². The SMILES string of the molecule is O=C1C(=O)N(C[NH+]2CCCCC2)c2ccc(F)cc21. The van der Waals surface area contributed by atoms with Crippen molar-refractivity contribution in [1.29, 1.82) is 0 Å². The molecule has 0 atom stereocenters. The van der Waals surface area contributed by atoms with Gasteiger partial charge in [-0.25, -0.2) is 4.39 Å². The molecule has 0 radical (unpaired) electrons. The van der Waals surface area contributed by atoms with Crippen LogP contribution in [-0.4, -0.2) is 31.4 Å². The number of carbonyl (C=O) groups is 2. The lowest BCUT2D eigenvalue weighted by molar-refractivity contribution is -0.903. The lowest BCUT2D eigenvalue weighted by Gasteiger charge is -2.27. The summed E-state index contributed by atoms with van der Waals surface area (Å²) in [6.07, 6.45) is 3.54. The molecule has 0 bridgehead atoms. The standard InChI is InChI=1S/C14H15FN2O2/c15-10-4-5-12-11(8-10)13(18)14(19)17(12)9-16-6-2-1-3-7-16/h4-5,8H,1-3,6-7,9H2/p+1. The number of hydrogen-bond acceptors (Lipinski definition) is 2. The van der Waals surface area contributed by atoms with Crippen molar-refractivity contribution in [3.05, 3.63) is 29.6 Å². The van der Waals surface area contributed by atoms with E-state index in [0.717, 1.165) is 32.0 Å². The van der Waals surface area contributed by atoms with E-state index in [2.05, 4.69) is 0 Å². The molecule has 1 fully saturated rings. The summed E-state index contributed by atoms with van der Waals surface area (Å²) in [4.78, 5) is 26.6. The summed E-state index contributed by atoms with van der Waals surface area (Å²) in [7, 11) is 0. The minimum Gasteiger partial charge on any atom is -0.317 e. The summed E-state index contributed by atoms with van der Waals surface area (Å²) in [5.41, 5.74) is 0.746. The number of halogens is 1. The highest BCUT2D eigenvalue weighted by Crippen LogP contribution is 2.28. The minimum absolute atomic E-state index is 0.196. The van der Waals surface area contributed by atoms with Crippen LogP contribution in [0.1, 0.15) is 29.6 Å². The third-order valence-corrected chi connectivity index (χ3v) is 3.88. The van der Waals surface area contributed by atoms with Crippen LogP contribution < -0.4 is 9.80 Å². The van der Waals surface area contributed by atoms with Gasteiger partial charge in [0.2, 0.25) is 0 Å². The first-order chi connectivity index (χ1) is 9.16. The minimum atomic E-state index is -0.592.